The van der Waals surface area contributed by atoms with Crippen LogP contribution in [0.4, 0.5) is 5.82 Å². The molecule has 0 unspecified atom stereocenters. The molecule has 5 nitrogen and oxygen atoms in total. The monoisotopic (exact) mass is 234 g/mol. The number of ether oxygens (including phenoxy) is 1. The lowest BCUT2D eigenvalue weighted by molar-refractivity contribution is 0.163. The molecule has 1 aromatic rings. The molecule has 0 fully saturated rings. The molecule has 0 bridgehead atoms. The molecule has 0 aromatic carbocycles. The maximum atomic E-state index is 8.63. The Labute approximate surface area is 102 Å². The predicted octanol–water partition coefficient (Wildman–Crippen LogP) is 0.943. The Bertz CT molecular complexity index is 358. The normalized spacial score (nSPS) is 10.2. The lowest BCUT2D eigenvalue weighted by atomic mass is 10.3. The topological polar surface area (TPSA) is 61.2 Å². The van der Waals surface area contributed by atoms with Crippen LogP contribution in [-0.4, -0.2) is 50.3 Å². The van der Waals surface area contributed by atoms with E-state index >= 15 is 0 Å². The van der Waals surface area contributed by atoms with Crippen molar-refractivity contribution >= 4 is 5.82 Å². The highest BCUT2D eigenvalue weighted by Crippen LogP contribution is 2.03. The number of nitriles is 1. The number of methoxy groups -OCH3 is 1. The number of hydrogen-bond donors (Lipinski definition) is 1. The van der Waals surface area contributed by atoms with E-state index in [1.165, 1.54) is 0 Å². The molecular formula is C12H18N4O. The van der Waals surface area contributed by atoms with Gasteiger partial charge in [0.25, 0.3) is 0 Å². The number of pyridine rings is 1. The Hall–Kier alpha value is -1.64. The summed E-state index contributed by atoms with van der Waals surface area (Å²) in [5.41, 5.74) is 0.577. The van der Waals surface area contributed by atoms with Gasteiger partial charge < -0.3 is 15.0 Å². The van der Waals surface area contributed by atoms with E-state index in [2.05, 4.69) is 15.2 Å². The molecule has 1 N–H and O–H groups in total. The molecule has 1 aromatic heterocycles. The van der Waals surface area contributed by atoms with Gasteiger partial charge in [0, 0.05) is 32.9 Å². The Balaban J connectivity index is 2.24. The molecule has 92 valence electrons. The van der Waals surface area contributed by atoms with Crippen molar-refractivity contribution in [1.29, 1.82) is 5.26 Å². The molecule has 0 aliphatic heterocycles. The van der Waals surface area contributed by atoms with Crippen LogP contribution in [0.25, 0.3) is 0 Å². The number of rotatable bonds is 7. The number of nitrogens with zero attached hydrogens (tertiary/aromatic N) is 3. The molecule has 0 aliphatic carbocycles. The second-order valence-electron chi connectivity index (χ2n) is 3.77. The van der Waals surface area contributed by atoms with Crippen molar-refractivity contribution in [3.8, 4) is 6.07 Å². The van der Waals surface area contributed by atoms with Crippen molar-refractivity contribution in [3.63, 3.8) is 0 Å². The van der Waals surface area contributed by atoms with E-state index in [4.69, 9.17) is 10.00 Å². The van der Waals surface area contributed by atoms with E-state index in [1.54, 1.807) is 19.4 Å². The Morgan fingerprint density at radius 2 is 2.29 bits per heavy atom. The number of anilines is 1. The summed E-state index contributed by atoms with van der Waals surface area (Å²) in [6.45, 7) is 3.40. The molecule has 0 radical (unpaired) electrons. The third-order valence-corrected chi connectivity index (χ3v) is 2.37. The Kier molecular flexibility index (Phi) is 6.00. The van der Waals surface area contributed by atoms with Crippen molar-refractivity contribution in [1.82, 2.24) is 9.88 Å². The third kappa shape index (κ3) is 5.29. The Morgan fingerprint density at radius 3 is 2.88 bits per heavy atom. The first-order valence-electron chi connectivity index (χ1n) is 5.53. The fourth-order valence-electron chi connectivity index (χ4n) is 1.30. The second kappa shape index (κ2) is 7.60. The van der Waals surface area contributed by atoms with Gasteiger partial charge in [-0.3, -0.25) is 0 Å². The van der Waals surface area contributed by atoms with Crippen LogP contribution in [0.15, 0.2) is 18.3 Å². The Morgan fingerprint density at radius 1 is 1.47 bits per heavy atom. The highest BCUT2D eigenvalue weighted by Gasteiger charge is 1.98. The molecule has 0 saturated heterocycles. The molecule has 1 heterocycles. The molecule has 0 atom stereocenters. The summed E-state index contributed by atoms with van der Waals surface area (Å²) in [6, 6.07) is 5.61. The van der Waals surface area contributed by atoms with E-state index in [0.717, 1.165) is 32.1 Å². The van der Waals surface area contributed by atoms with Gasteiger partial charge in [-0.2, -0.15) is 5.26 Å². The maximum Gasteiger partial charge on any atom is 0.126 e. The van der Waals surface area contributed by atoms with Crippen molar-refractivity contribution in [2.45, 2.75) is 0 Å². The van der Waals surface area contributed by atoms with Crippen LogP contribution in [0.1, 0.15) is 5.56 Å². The fraction of sp³-hybridized carbons (Fsp3) is 0.500. The van der Waals surface area contributed by atoms with Crippen molar-refractivity contribution in [3.05, 3.63) is 23.9 Å². The van der Waals surface area contributed by atoms with E-state index in [-0.39, 0.29) is 0 Å². The first-order chi connectivity index (χ1) is 8.26. The molecule has 0 saturated carbocycles. The molecule has 0 amide bonds. The van der Waals surface area contributed by atoms with Gasteiger partial charge in [-0.15, -0.1) is 0 Å². The van der Waals surface area contributed by atoms with Crippen LogP contribution >= 0.6 is 0 Å². The van der Waals surface area contributed by atoms with Crippen LogP contribution in [0.5, 0.6) is 0 Å². The SMILES string of the molecule is COCCN(C)CCNc1ccc(C#N)cn1. The van der Waals surface area contributed by atoms with Crippen LogP contribution in [0, 0.1) is 11.3 Å². The minimum absolute atomic E-state index is 0.577. The third-order valence-electron chi connectivity index (χ3n) is 2.37. The zero-order chi connectivity index (χ0) is 12.5. The van der Waals surface area contributed by atoms with E-state index in [0.29, 0.717) is 5.56 Å². The van der Waals surface area contributed by atoms with Gasteiger partial charge in [-0.1, -0.05) is 0 Å². The molecule has 0 aliphatic rings. The minimum Gasteiger partial charge on any atom is -0.383 e. The highest BCUT2D eigenvalue weighted by molar-refractivity contribution is 5.38. The van der Waals surface area contributed by atoms with Crippen LogP contribution < -0.4 is 5.32 Å². The summed E-state index contributed by atoms with van der Waals surface area (Å²) < 4.78 is 5.00. The fourth-order valence-corrected chi connectivity index (χ4v) is 1.30. The van der Waals surface area contributed by atoms with E-state index in [1.807, 2.05) is 19.2 Å². The summed E-state index contributed by atoms with van der Waals surface area (Å²) in [5.74, 6) is 0.796. The van der Waals surface area contributed by atoms with Crippen molar-refractivity contribution in [2.75, 3.05) is 45.7 Å². The van der Waals surface area contributed by atoms with Crippen LogP contribution in [0.2, 0.25) is 0 Å². The molecular weight excluding hydrogens is 216 g/mol. The average Bonchev–Trinajstić information content (AvgIpc) is 2.37. The van der Waals surface area contributed by atoms with Crippen LogP contribution in [0.3, 0.4) is 0 Å². The van der Waals surface area contributed by atoms with Gasteiger partial charge >= 0.3 is 0 Å². The summed E-state index contributed by atoms with van der Waals surface area (Å²) in [5, 5.41) is 11.8. The first-order valence-corrected chi connectivity index (χ1v) is 5.53. The van der Waals surface area contributed by atoms with Gasteiger partial charge in [-0.05, 0) is 19.2 Å². The van der Waals surface area contributed by atoms with Gasteiger partial charge in [-0.25, -0.2) is 4.98 Å². The first kappa shape index (κ1) is 13.4. The largest absolute Gasteiger partial charge is 0.383 e. The van der Waals surface area contributed by atoms with E-state index in [9.17, 15) is 0 Å². The number of nitrogens with one attached hydrogen (secondary N) is 1. The van der Waals surface area contributed by atoms with Gasteiger partial charge in [0.1, 0.15) is 11.9 Å². The van der Waals surface area contributed by atoms with Gasteiger partial charge in [0.2, 0.25) is 0 Å². The minimum atomic E-state index is 0.577. The number of likely N-dealkylation sites (N-methyl/N-ethyl adjacent to an activating group) is 1. The second-order valence-corrected chi connectivity index (χ2v) is 3.77. The summed E-state index contributed by atoms with van der Waals surface area (Å²) in [6.07, 6.45) is 1.57. The van der Waals surface area contributed by atoms with Crippen LogP contribution in [-0.2, 0) is 4.74 Å². The predicted molar refractivity (Wildman–Crippen MR) is 66.8 cm³/mol. The summed E-state index contributed by atoms with van der Waals surface area (Å²) in [7, 11) is 3.75. The smallest absolute Gasteiger partial charge is 0.126 e. The molecule has 0 spiro atoms. The van der Waals surface area contributed by atoms with E-state index < -0.39 is 0 Å². The summed E-state index contributed by atoms with van der Waals surface area (Å²) in [4.78, 5) is 6.31. The lowest BCUT2D eigenvalue weighted by Gasteiger charge is -2.16. The number of hydrogen-bond acceptors (Lipinski definition) is 5. The standard InChI is InChI=1S/C12H18N4O/c1-16(7-8-17-2)6-5-14-12-4-3-11(9-13)10-15-12/h3-4,10H,5-8H2,1-2H3,(H,14,15). The quantitative estimate of drug-likeness (QED) is 0.761. The van der Waals surface area contributed by atoms with Gasteiger partial charge in [0.15, 0.2) is 0 Å². The maximum absolute atomic E-state index is 8.63. The molecule has 17 heavy (non-hydrogen) atoms. The van der Waals surface area contributed by atoms with Gasteiger partial charge in [0.05, 0.1) is 12.2 Å². The van der Waals surface area contributed by atoms with Crippen molar-refractivity contribution < 1.29 is 4.74 Å². The van der Waals surface area contributed by atoms with Crippen molar-refractivity contribution in [2.24, 2.45) is 0 Å². The lowest BCUT2D eigenvalue weighted by Crippen LogP contribution is -2.28. The zero-order valence-corrected chi connectivity index (χ0v) is 10.3. The molecule has 1 rings (SSSR count). The zero-order valence-electron chi connectivity index (χ0n) is 10.3. The number of aromatic nitrogens is 1. The average molecular weight is 234 g/mol. The highest BCUT2D eigenvalue weighted by atomic mass is 16.5. The molecule has 5 heteroatoms. The summed E-state index contributed by atoms with van der Waals surface area (Å²) >= 11 is 0.